The predicted octanol–water partition coefficient (Wildman–Crippen LogP) is 0.792. The summed E-state index contributed by atoms with van der Waals surface area (Å²) in [4.78, 5) is 0. The quantitative estimate of drug-likeness (QED) is 0.791. The molecule has 1 aromatic rings. The first-order valence-electron chi connectivity index (χ1n) is 5.60. The third-order valence-corrected chi connectivity index (χ3v) is 4.15. The zero-order chi connectivity index (χ0) is 11.4. The van der Waals surface area contributed by atoms with Crippen molar-refractivity contribution in [1.82, 2.24) is 14.8 Å². The van der Waals surface area contributed by atoms with Gasteiger partial charge < -0.3 is 15.0 Å². The highest BCUT2D eigenvalue weighted by atomic mass is 32.2. The number of hydrogen-bond donors (Lipinski definition) is 1. The molecule has 0 radical (unpaired) electrons. The van der Waals surface area contributed by atoms with Crippen LogP contribution >= 0.6 is 11.8 Å². The largest absolute Gasteiger partial charge is 0.381 e. The molecule has 0 saturated carbocycles. The van der Waals surface area contributed by atoms with Crippen LogP contribution in [0.15, 0.2) is 5.16 Å². The lowest BCUT2D eigenvalue weighted by Gasteiger charge is -2.21. The zero-order valence-corrected chi connectivity index (χ0v) is 10.4. The summed E-state index contributed by atoms with van der Waals surface area (Å²) in [6, 6.07) is 0. The average molecular weight is 242 g/mol. The lowest BCUT2D eigenvalue weighted by Crippen LogP contribution is -2.17. The summed E-state index contributed by atoms with van der Waals surface area (Å²) < 4.78 is 7.31. The molecule has 90 valence electrons. The van der Waals surface area contributed by atoms with Crippen molar-refractivity contribution in [3.63, 3.8) is 0 Å². The molecule has 1 saturated heterocycles. The van der Waals surface area contributed by atoms with Crippen molar-refractivity contribution in [2.24, 2.45) is 18.7 Å². The third kappa shape index (κ3) is 2.75. The smallest absolute Gasteiger partial charge is 0.190 e. The fourth-order valence-electron chi connectivity index (χ4n) is 1.75. The summed E-state index contributed by atoms with van der Waals surface area (Å²) in [5.74, 6) is 2.69. The summed E-state index contributed by atoms with van der Waals surface area (Å²) >= 11 is 1.77. The van der Waals surface area contributed by atoms with Crippen LogP contribution in [0.4, 0.5) is 0 Å². The van der Waals surface area contributed by atoms with E-state index >= 15 is 0 Å². The topological polar surface area (TPSA) is 66.0 Å². The molecule has 0 bridgehead atoms. The Labute approximate surface area is 99.7 Å². The van der Waals surface area contributed by atoms with Crippen LogP contribution < -0.4 is 5.73 Å². The van der Waals surface area contributed by atoms with E-state index in [2.05, 4.69) is 10.2 Å². The number of ether oxygens (including phenoxy) is 1. The number of hydrogen-bond acceptors (Lipinski definition) is 5. The molecule has 0 amide bonds. The first-order chi connectivity index (χ1) is 7.81. The molecule has 2 N–H and O–H groups in total. The van der Waals surface area contributed by atoms with Crippen molar-refractivity contribution in [2.75, 3.05) is 19.0 Å². The van der Waals surface area contributed by atoms with Crippen molar-refractivity contribution in [1.29, 1.82) is 0 Å². The van der Waals surface area contributed by atoms with Crippen molar-refractivity contribution in [2.45, 2.75) is 24.5 Å². The molecular weight excluding hydrogens is 224 g/mol. The molecule has 6 heteroatoms. The van der Waals surface area contributed by atoms with Gasteiger partial charge in [0.2, 0.25) is 0 Å². The minimum Gasteiger partial charge on any atom is -0.381 e. The van der Waals surface area contributed by atoms with Gasteiger partial charge in [0.15, 0.2) is 5.16 Å². The molecule has 1 aromatic heterocycles. The molecule has 0 spiro atoms. The lowest BCUT2D eigenvalue weighted by atomic mass is 10.0. The van der Waals surface area contributed by atoms with Gasteiger partial charge in [-0.25, -0.2) is 0 Å². The molecular formula is C10H18N4OS. The van der Waals surface area contributed by atoms with Crippen LogP contribution in [0.5, 0.6) is 0 Å². The Morgan fingerprint density at radius 3 is 2.81 bits per heavy atom. The molecule has 0 unspecified atom stereocenters. The van der Waals surface area contributed by atoms with E-state index in [-0.39, 0.29) is 0 Å². The van der Waals surface area contributed by atoms with Gasteiger partial charge in [0.25, 0.3) is 0 Å². The van der Waals surface area contributed by atoms with E-state index in [0.29, 0.717) is 6.54 Å². The second kappa shape index (κ2) is 5.65. The van der Waals surface area contributed by atoms with Crippen molar-refractivity contribution in [3.8, 4) is 0 Å². The second-order valence-corrected chi connectivity index (χ2v) is 5.02. The molecule has 0 aliphatic carbocycles. The average Bonchev–Trinajstić information content (AvgIpc) is 2.69. The van der Waals surface area contributed by atoms with Gasteiger partial charge in [0.05, 0.1) is 6.54 Å². The minimum atomic E-state index is 0.446. The first-order valence-corrected chi connectivity index (χ1v) is 6.58. The van der Waals surface area contributed by atoms with Gasteiger partial charge in [0.1, 0.15) is 5.82 Å². The fourth-order valence-corrected chi connectivity index (χ4v) is 2.87. The van der Waals surface area contributed by atoms with Crippen LogP contribution in [0.25, 0.3) is 0 Å². The Morgan fingerprint density at radius 1 is 1.44 bits per heavy atom. The maximum Gasteiger partial charge on any atom is 0.190 e. The number of nitrogens with zero attached hydrogens (tertiary/aromatic N) is 3. The highest BCUT2D eigenvalue weighted by molar-refractivity contribution is 7.99. The molecule has 0 atom stereocenters. The molecule has 1 aliphatic heterocycles. The molecule has 2 heterocycles. The fraction of sp³-hybridized carbons (Fsp3) is 0.800. The Kier molecular flexibility index (Phi) is 4.20. The van der Waals surface area contributed by atoms with Crippen LogP contribution in [0, 0.1) is 5.92 Å². The molecule has 1 aliphatic rings. The molecule has 2 rings (SSSR count). The van der Waals surface area contributed by atoms with Gasteiger partial charge in [-0.1, -0.05) is 11.8 Å². The predicted molar refractivity (Wildman–Crippen MR) is 63.2 cm³/mol. The molecule has 1 fully saturated rings. The van der Waals surface area contributed by atoms with E-state index in [4.69, 9.17) is 10.5 Å². The maximum atomic E-state index is 5.55. The van der Waals surface area contributed by atoms with Crippen LogP contribution in [-0.2, 0) is 18.3 Å². The van der Waals surface area contributed by atoms with Crippen LogP contribution in [0.1, 0.15) is 18.7 Å². The lowest BCUT2D eigenvalue weighted by molar-refractivity contribution is 0.0727. The number of rotatable bonds is 4. The number of thioether (sulfide) groups is 1. The normalized spacial score (nSPS) is 17.9. The highest BCUT2D eigenvalue weighted by Crippen LogP contribution is 2.24. The monoisotopic (exact) mass is 242 g/mol. The molecule has 5 nitrogen and oxygen atoms in total. The summed E-state index contributed by atoms with van der Waals surface area (Å²) in [5, 5.41) is 9.14. The third-order valence-electron chi connectivity index (χ3n) is 2.90. The van der Waals surface area contributed by atoms with Gasteiger partial charge in [-0.05, 0) is 18.8 Å². The summed E-state index contributed by atoms with van der Waals surface area (Å²) in [5.41, 5.74) is 5.55. The first kappa shape index (κ1) is 11.9. The van der Waals surface area contributed by atoms with E-state index in [9.17, 15) is 0 Å². The molecule has 16 heavy (non-hydrogen) atoms. The Bertz CT molecular complexity index is 336. The Balaban J connectivity index is 1.86. The Hall–Kier alpha value is -0.590. The van der Waals surface area contributed by atoms with E-state index < -0.39 is 0 Å². The summed E-state index contributed by atoms with van der Waals surface area (Å²) in [6.45, 7) is 2.25. The second-order valence-electron chi connectivity index (χ2n) is 4.03. The van der Waals surface area contributed by atoms with Crippen LogP contribution in [0.2, 0.25) is 0 Å². The van der Waals surface area contributed by atoms with E-state index in [0.717, 1.165) is 48.7 Å². The minimum absolute atomic E-state index is 0.446. The van der Waals surface area contributed by atoms with Gasteiger partial charge in [0, 0.05) is 26.0 Å². The zero-order valence-electron chi connectivity index (χ0n) is 9.56. The van der Waals surface area contributed by atoms with Crippen molar-refractivity contribution in [3.05, 3.63) is 5.82 Å². The van der Waals surface area contributed by atoms with E-state index in [1.54, 1.807) is 11.8 Å². The van der Waals surface area contributed by atoms with Gasteiger partial charge in [-0.3, -0.25) is 0 Å². The Morgan fingerprint density at radius 2 is 2.19 bits per heavy atom. The molecule has 0 aromatic carbocycles. The van der Waals surface area contributed by atoms with Crippen LogP contribution in [0.3, 0.4) is 0 Å². The van der Waals surface area contributed by atoms with Crippen LogP contribution in [-0.4, -0.2) is 33.7 Å². The van der Waals surface area contributed by atoms with E-state index in [1.807, 2.05) is 11.6 Å². The number of nitrogens with two attached hydrogens (primary N) is 1. The maximum absolute atomic E-state index is 5.55. The standard InChI is InChI=1S/C10H18N4OS/c1-14-9(6-11)12-13-10(14)16-7-8-2-4-15-5-3-8/h8H,2-7,11H2,1H3. The van der Waals surface area contributed by atoms with Gasteiger partial charge in [-0.15, -0.1) is 10.2 Å². The van der Waals surface area contributed by atoms with Gasteiger partial charge in [-0.2, -0.15) is 0 Å². The van der Waals surface area contributed by atoms with Crippen molar-refractivity contribution >= 4 is 11.8 Å². The number of aromatic nitrogens is 3. The summed E-state index contributed by atoms with van der Waals surface area (Å²) in [7, 11) is 1.97. The van der Waals surface area contributed by atoms with E-state index in [1.165, 1.54) is 0 Å². The summed E-state index contributed by atoms with van der Waals surface area (Å²) in [6.07, 6.45) is 2.32. The highest BCUT2D eigenvalue weighted by Gasteiger charge is 2.16. The van der Waals surface area contributed by atoms with Gasteiger partial charge >= 0.3 is 0 Å². The van der Waals surface area contributed by atoms with Crippen molar-refractivity contribution < 1.29 is 4.74 Å². The SMILES string of the molecule is Cn1c(CN)nnc1SCC1CCOCC1.